The number of ether oxygens (including phenoxy) is 1. The lowest BCUT2D eigenvalue weighted by Gasteiger charge is -2.10. The minimum atomic E-state index is -0.666. The molecule has 1 aromatic carbocycles. The van der Waals surface area contributed by atoms with Crippen LogP contribution in [0.2, 0.25) is 0 Å². The molecule has 0 saturated carbocycles. The second-order valence-corrected chi connectivity index (χ2v) is 7.16. The maximum atomic E-state index is 13.6. The summed E-state index contributed by atoms with van der Waals surface area (Å²) in [5.41, 5.74) is 2.61. The van der Waals surface area contributed by atoms with Crippen molar-refractivity contribution >= 4 is 28.2 Å². The van der Waals surface area contributed by atoms with Crippen molar-refractivity contribution in [2.45, 2.75) is 13.8 Å². The number of Topliss-reactive ketones (excluding diaryl/α,β-unsaturated/α-hetero) is 1. The van der Waals surface area contributed by atoms with Gasteiger partial charge in [-0.15, -0.1) is 17.9 Å². The highest BCUT2D eigenvalue weighted by atomic mass is 32.1. The van der Waals surface area contributed by atoms with Crippen LogP contribution in [-0.2, 0) is 4.74 Å². The Kier molecular flexibility index (Phi) is 6.23. The molecule has 6 nitrogen and oxygen atoms in total. The first kappa shape index (κ1) is 20.5. The first-order valence-electron chi connectivity index (χ1n) is 8.86. The van der Waals surface area contributed by atoms with E-state index in [2.05, 4.69) is 16.9 Å². The fourth-order valence-corrected chi connectivity index (χ4v) is 3.64. The number of thiazole rings is 1. The van der Waals surface area contributed by atoms with Gasteiger partial charge in [0, 0.05) is 34.6 Å². The van der Waals surface area contributed by atoms with Crippen molar-refractivity contribution in [3.63, 3.8) is 0 Å². The predicted molar refractivity (Wildman–Crippen MR) is 111 cm³/mol. The van der Waals surface area contributed by atoms with Crippen LogP contribution in [0.5, 0.6) is 0 Å². The monoisotopic (exact) mass is 413 g/mol. The van der Waals surface area contributed by atoms with E-state index >= 15 is 0 Å². The molecular formula is C21H20FN3O3S. The second-order valence-electron chi connectivity index (χ2n) is 6.31. The zero-order chi connectivity index (χ0) is 21.0. The van der Waals surface area contributed by atoms with E-state index in [9.17, 15) is 14.0 Å². The lowest BCUT2D eigenvalue weighted by atomic mass is 10.1. The van der Waals surface area contributed by atoms with Crippen LogP contribution in [0.25, 0.3) is 5.69 Å². The zero-order valence-electron chi connectivity index (χ0n) is 16.1. The summed E-state index contributed by atoms with van der Waals surface area (Å²) in [5.74, 6) is -1.36. The maximum Gasteiger partial charge on any atom is 0.358 e. The van der Waals surface area contributed by atoms with Gasteiger partial charge in [-0.2, -0.15) is 0 Å². The van der Waals surface area contributed by atoms with Crippen LogP contribution in [0.3, 0.4) is 0 Å². The number of ketones is 1. The maximum absolute atomic E-state index is 13.6. The molecule has 0 unspecified atom stereocenters. The predicted octanol–water partition coefficient (Wildman–Crippen LogP) is 4.33. The van der Waals surface area contributed by atoms with Crippen LogP contribution in [-0.4, -0.2) is 34.5 Å². The highest BCUT2D eigenvalue weighted by molar-refractivity contribution is 7.13. The van der Waals surface area contributed by atoms with Gasteiger partial charge in [-0.1, -0.05) is 12.1 Å². The zero-order valence-corrected chi connectivity index (χ0v) is 16.9. The van der Waals surface area contributed by atoms with E-state index in [0.29, 0.717) is 28.6 Å². The summed E-state index contributed by atoms with van der Waals surface area (Å²) in [4.78, 5) is 28.9. The average Bonchev–Trinajstić information content (AvgIpc) is 3.28. The molecule has 8 heteroatoms. The fraction of sp³-hybridized carbons (Fsp3) is 0.190. The topological polar surface area (TPSA) is 73.2 Å². The van der Waals surface area contributed by atoms with Crippen LogP contribution in [0, 0.1) is 19.7 Å². The van der Waals surface area contributed by atoms with Gasteiger partial charge in [-0.25, -0.2) is 14.2 Å². The molecule has 150 valence electrons. The van der Waals surface area contributed by atoms with E-state index in [1.54, 1.807) is 41.1 Å². The van der Waals surface area contributed by atoms with Gasteiger partial charge in [0.1, 0.15) is 5.82 Å². The highest BCUT2D eigenvalue weighted by Gasteiger charge is 2.20. The van der Waals surface area contributed by atoms with Crippen molar-refractivity contribution in [2.75, 3.05) is 18.5 Å². The van der Waals surface area contributed by atoms with Crippen LogP contribution >= 0.6 is 11.3 Å². The Morgan fingerprint density at radius 3 is 2.86 bits per heavy atom. The fourth-order valence-electron chi connectivity index (χ4n) is 2.95. The molecule has 2 heterocycles. The van der Waals surface area contributed by atoms with Crippen molar-refractivity contribution in [3.05, 3.63) is 76.8 Å². The van der Waals surface area contributed by atoms with E-state index in [1.807, 2.05) is 6.92 Å². The molecule has 0 aliphatic rings. The summed E-state index contributed by atoms with van der Waals surface area (Å²) in [6, 6.07) is 7.83. The minimum Gasteiger partial charge on any atom is -0.453 e. The molecule has 3 aromatic rings. The number of hydrogen-bond donors (Lipinski definition) is 1. The number of halogens is 1. The highest BCUT2D eigenvalue weighted by Crippen LogP contribution is 2.22. The number of carbonyl (C=O) groups is 2. The van der Waals surface area contributed by atoms with Gasteiger partial charge in [-0.05, 0) is 38.1 Å². The third-order valence-corrected chi connectivity index (χ3v) is 5.04. The summed E-state index contributed by atoms with van der Waals surface area (Å²) >= 11 is 1.27. The molecule has 0 aliphatic carbocycles. The third kappa shape index (κ3) is 4.60. The summed E-state index contributed by atoms with van der Waals surface area (Å²) in [7, 11) is 0. The Labute approximate surface area is 171 Å². The summed E-state index contributed by atoms with van der Waals surface area (Å²) in [6.45, 7) is 7.32. The minimum absolute atomic E-state index is 0.139. The van der Waals surface area contributed by atoms with E-state index in [-0.39, 0.29) is 17.3 Å². The molecule has 3 rings (SSSR count). The Morgan fingerprint density at radius 2 is 2.14 bits per heavy atom. The van der Waals surface area contributed by atoms with Crippen LogP contribution in [0.1, 0.15) is 32.2 Å². The van der Waals surface area contributed by atoms with Crippen molar-refractivity contribution in [1.82, 2.24) is 9.55 Å². The second kappa shape index (κ2) is 8.83. The molecule has 0 spiro atoms. The van der Waals surface area contributed by atoms with Gasteiger partial charge in [0.2, 0.25) is 5.78 Å². The molecule has 0 atom stereocenters. The number of nitrogens with one attached hydrogen (secondary N) is 1. The number of anilines is 1. The van der Waals surface area contributed by atoms with Gasteiger partial charge in [-0.3, -0.25) is 4.79 Å². The number of esters is 1. The molecule has 29 heavy (non-hydrogen) atoms. The third-order valence-electron chi connectivity index (χ3n) is 4.24. The van der Waals surface area contributed by atoms with Crippen molar-refractivity contribution in [1.29, 1.82) is 0 Å². The SMILES string of the molecule is C=CCNc1nc(C(=O)OCC(=O)c2cc(C)n(-c3cccc(F)c3)c2C)cs1. The molecule has 0 radical (unpaired) electrons. The van der Waals surface area contributed by atoms with E-state index in [1.165, 1.54) is 23.5 Å². The Morgan fingerprint density at radius 1 is 1.34 bits per heavy atom. The smallest absolute Gasteiger partial charge is 0.358 e. The van der Waals surface area contributed by atoms with Crippen LogP contribution < -0.4 is 5.32 Å². The van der Waals surface area contributed by atoms with Gasteiger partial charge in [0.15, 0.2) is 17.4 Å². The first-order chi connectivity index (χ1) is 13.9. The molecular weight excluding hydrogens is 393 g/mol. The number of aromatic nitrogens is 2. The Balaban J connectivity index is 1.70. The van der Waals surface area contributed by atoms with E-state index in [0.717, 1.165) is 5.69 Å². The summed E-state index contributed by atoms with van der Waals surface area (Å²) < 4.78 is 20.5. The molecule has 0 saturated heterocycles. The molecule has 2 aromatic heterocycles. The summed E-state index contributed by atoms with van der Waals surface area (Å²) in [6.07, 6.45) is 1.68. The number of benzene rings is 1. The lowest BCUT2D eigenvalue weighted by molar-refractivity contribution is 0.0469. The standard InChI is InChI=1S/C21H20FN3O3S/c1-4-8-23-21-24-18(12-29-21)20(27)28-11-19(26)17-9-13(2)25(14(17)3)16-7-5-6-15(22)10-16/h4-7,9-10,12H,1,8,11H2,2-3H3,(H,23,24). The van der Waals surface area contributed by atoms with Crippen molar-refractivity contribution < 1.29 is 18.7 Å². The molecule has 0 fully saturated rings. The number of aryl methyl sites for hydroxylation is 1. The van der Waals surface area contributed by atoms with Gasteiger partial charge in [0.25, 0.3) is 0 Å². The van der Waals surface area contributed by atoms with Crippen molar-refractivity contribution in [2.24, 2.45) is 0 Å². The van der Waals surface area contributed by atoms with Gasteiger partial charge >= 0.3 is 5.97 Å². The normalized spacial score (nSPS) is 10.6. The molecule has 0 aliphatic heterocycles. The van der Waals surface area contributed by atoms with Gasteiger partial charge in [0.05, 0.1) is 0 Å². The molecule has 1 N–H and O–H groups in total. The first-order valence-corrected chi connectivity index (χ1v) is 9.74. The Bertz CT molecular complexity index is 1070. The van der Waals surface area contributed by atoms with Gasteiger partial charge < -0.3 is 14.6 Å². The largest absolute Gasteiger partial charge is 0.453 e. The number of nitrogens with zero attached hydrogens (tertiary/aromatic N) is 2. The quantitative estimate of drug-likeness (QED) is 0.338. The van der Waals surface area contributed by atoms with E-state index < -0.39 is 12.6 Å². The van der Waals surface area contributed by atoms with E-state index in [4.69, 9.17) is 4.74 Å². The average molecular weight is 413 g/mol. The van der Waals surface area contributed by atoms with Crippen molar-refractivity contribution in [3.8, 4) is 5.69 Å². The number of carbonyl (C=O) groups excluding carboxylic acids is 2. The number of hydrogen-bond acceptors (Lipinski definition) is 6. The van der Waals surface area contributed by atoms with Crippen LogP contribution in [0.15, 0.2) is 48.4 Å². The van der Waals surface area contributed by atoms with Crippen LogP contribution in [0.4, 0.5) is 9.52 Å². The molecule has 0 bridgehead atoms. The number of rotatable bonds is 8. The summed E-state index contributed by atoms with van der Waals surface area (Å²) in [5, 5.41) is 5.12. The lowest BCUT2D eigenvalue weighted by Crippen LogP contribution is -2.15. The molecule has 0 amide bonds. The Hall–Kier alpha value is -3.26.